The van der Waals surface area contributed by atoms with Crippen molar-refractivity contribution in [3.05, 3.63) is 59.3 Å². The van der Waals surface area contributed by atoms with E-state index in [0.717, 1.165) is 4.90 Å². The van der Waals surface area contributed by atoms with Gasteiger partial charge in [-0.15, -0.1) is 0 Å². The third kappa shape index (κ3) is 2.18. The number of rotatable bonds is 1. The van der Waals surface area contributed by atoms with E-state index in [1.165, 1.54) is 6.20 Å². The average Bonchev–Trinajstić information content (AvgIpc) is 2.78. The fourth-order valence-electron chi connectivity index (χ4n) is 2.17. The number of carbonyl (C=O) groups excluding carboxylic acids is 2. The van der Waals surface area contributed by atoms with Gasteiger partial charge in [0, 0.05) is 11.8 Å². The van der Waals surface area contributed by atoms with Crippen LogP contribution in [0.4, 0.5) is 5.82 Å². The number of hydrogen-bond donors (Lipinski definition) is 1. The van der Waals surface area contributed by atoms with Gasteiger partial charge in [-0.2, -0.15) is 0 Å². The van der Waals surface area contributed by atoms with E-state index >= 15 is 0 Å². The molecule has 1 aliphatic heterocycles. The Kier molecular flexibility index (Phi) is 3.22. The lowest BCUT2D eigenvalue weighted by Gasteiger charge is -2.12. The van der Waals surface area contributed by atoms with Crippen LogP contribution in [0, 0.1) is 11.8 Å². The fourth-order valence-corrected chi connectivity index (χ4v) is 2.17. The molecule has 5 nitrogen and oxygen atoms in total. The standard InChI is InChI=1S/C16H11N3O2/c17-8-3-4-11-7-9-18-14(10-11)19-15(20)12-5-1-2-6-13(12)16(19)21/h1-2,5-7,9-10H,8,17H2. The zero-order valence-corrected chi connectivity index (χ0v) is 11.0. The molecule has 1 aromatic carbocycles. The van der Waals surface area contributed by atoms with E-state index in [-0.39, 0.29) is 24.2 Å². The van der Waals surface area contributed by atoms with Crippen LogP contribution >= 0.6 is 0 Å². The second kappa shape index (κ2) is 5.19. The van der Waals surface area contributed by atoms with Gasteiger partial charge < -0.3 is 5.73 Å². The van der Waals surface area contributed by atoms with Crippen LogP contribution in [0.1, 0.15) is 26.3 Å². The predicted octanol–water partition coefficient (Wildman–Crippen LogP) is 1.19. The Labute approximate surface area is 121 Å². The van der Waals surface area contributed by atoms with E-state index < -0.39 is 0 Å². The van der Waals surface area contributed by atoms with E-state index in [9.17, 15) is 9.59 Å². The number of imide groups is 1. The molecular formula is C16H11N3O2. The monoisotopic (exact) mass is 277 g/mol. The quantitative estimate of drug-likeness (QED) is 0.627. The highest BCUT2D eigenvalue weighted by molar-refractivity contribution is 6.34. The molecule has 5 heteroatoms. The molecular weight excluding hydrogens is 266 g/mol. The number of nitrogens with zero attached hydrogens (tertiary/aromatic N) is 2. The molecule has 0 atom stereocenters. The number of hydrogen-bond acceptors (Lipinski definition) is 4. The van der Waals surface area contributed by atoms with Crippen LogP contribution in [-0.2, 0) is 0 Å². The van der Waals surface area contributed by atoms with Gasteiger partial charge in [-0.05, 0) is 24.3 Å². The Morgan fingerprint density at radius 1 is 1.10 bits per heavy atom. The predicted molar refractivity (Wildman–Crippen MR) is 77.8 cm³/mol. The molecule has 2 aromatic rings. The molecule has 1 aliphatic rings. The highest BCUT2D eigenvalue weighted by Crippen LogP contribution is 2.27. The molecule has 0 fully saturated rings. The second-order valence-electron chi connectivity index (χ2n) is 4.40. The van der Waals surface area contributed by atoms with Crippen LogP contribution in [0.15, 0.2) is 42.6 Å². The van der Waals surface area contributed by atoms with Crippen molar-refractivity contribution in [2.24, 2.45) is 5.73 Å². The maximum absolute atomic E-state index is 12.3. The first-order valence-electron chi connectivity index (χ1n) is 6.35. The summed E-state index contributed by atoms with van der Waals surface area (Å²) in [7, 11) is 0. The second-order valence-corrected chi connectivity index (χ2v) is 4.40. The molecule has 2 heterocycles. The van der Waals surface area contributed by atoms with Crippen molar-refractivity contribution >= 4 is 17.6 Å². The highest BCUT2D eigenvalue weighted by atomic mass is 16.2. The molecule has 21 heavy (non-hydrogen) atoms. The molecule has 0 spiro atoms. The van der Waals surface area contributed by atoms with Crippen LogP contribution in [0.25, 0.3) is 0 Å². The molecule has 2 amide bonds. The van der Waals surface area contributed by atoms with Gasteiger partial charge in [0.2, 0.25) is 0 Å². The number of carbonyl (C=O) groups is 2. The third-order valence-corrected chi connectivity index (χ3v) is 3.10. The smallest absolute Gasteiger partial charge is 0.267 e. The number of aromatic nitrogens is 1. The summed E-state index contributed by atoms with van der Waals surface area (Å²) in [6.07, 6.45) is 1.51. The summed E-state index contributed by atoms with van der Waals surface area (Å²) in [5.74, 6) is 5.11. The number of amides is 2. The largest absolute Gasteiger partial charge is 0.320 e. The van der Waals surface area contributed by atoms with Crippen molar-refractivity contribution in [1.82, 2.24) is 4.98 Å². The van der Waals surface area contributed by atoms with Crippen LogP contribution in [0.2, 0.25) is 0 Å². The minimum Gasteiger partial charge on any atom is -0.320 e. The van der Waals surface area contributed by atoms with Crippen LogP contribution < -0.4 is 10.6 Å². The van der Waals surface area contributed by atoms with Crippen molar-refractivity contribution in [3.63, 3.8) is 0 Å². The van der Waals surface area contributed by atoms with Gasteiger partial charge in [0.15, 0.2) is 0 Å². The van der Waals surface area contributed by atoms with Crippen molar-refractivity contribution < 1.29 is 9.59 Å². The van der Waals surface area contributed by atoms with E-state index in [1.54, 1.807) is 36.4 Å². The average molecular weight is 277 g/mol. The lowest BCUT2D eigenvalue weighted by atomic mass is 10.1. The summed E-state index contributed by atoms with van der Waals surface area (Å²) >= 11 is 0. The van der Waals surface area contributed by atoms with Gasteiger partial charge in [-0.25, -0.2) is 9.88 Å². The Hall–Kier alpha value is -2.97. The molecule has 0 saturated carbocycles. The molecule has 0 radical (unpaired) electrons. The molecule has 102 valence electrons. The van der Waals surface area contributed by atoms with E-state index in [1.807, 2.05) is 0 Å². The van der Waals surface area contributed by atoms with Crippen molar-refractivity contribution in [2.45, 2.75) is 0 Å². The highest BCUT2D eigenvalue weighted by Gasteiger charge is 2.36. The van der Waals surface area contributed by atoms with E-state index in [0.29, 0.717) is 16.7 Å². The molecule has 0 unspecified atom stereocenters. The summed E-state index contributed by atoms with van der Waals surface area (Å²) in [5.41, 5.74) is 6.77. The third-order valence-electron chi connectivity index (χ3n) is 3.10. The SMILES string of the molecule is NCC#Cc1ccnc(N2C(=O)c3ccccc3C2=O)c1. The van der Waals surface area contributed by atoms with Gasteiger partial charge in [0.25, 0.3) is 11.8 Å². The molecule has 0 bridgehead atoms. The minimum absolute atomic E-state index is 0.241. The number of pyridine rings is 1. The number of nitrogens with two attached hydrogens (primary N) is 1. The molecule has 3 rings (SSSR count). The topological polar surface area (TPSA) is 76.3 Å². The molecule has 1 aromatic heterocycles. The minimum atomic E-state index is -0.368. The lowest BCUT2D eigenvalue weighted by Crippen LogP contribution is -2.30. The lowest BCUT2D eigenvalue weighted by molar-refractivity contribution is 0.0925. The first kappa shape index (κ1) is 13.0. The Morgan fingerprint density at radius 3 is 2.38 bits per heavy atom. The number of benzene rings is 1. The maximum Gasteiger partial charge on any atom is 0.267 e. The summed E-state index contributed by atoms with van der Waals surface area (Å²) in [6.45, 7) is 0.241. The first-order chi connectivity index (χ1) is 10.2. The van der Waals surface area contributed by atoms with Gasteiger partial charge in [0.1, 0.15) is 5.82 Å². The zero-order valence-electron chi connectivity index (χ0n) is 11.0. The fraction of sp³-hybridized carbons (Fsp3) is 0.0625. The van der Waals surface area contributed by atoms with Gasteiger partial charge >= 0.3 is 0 Å². The maximum atomic E-state index is 12.3. The van der Waals surface area contributed by atoms with Gasteiger partial charge in [0.05, 0.1) is 17.7 Å². The van der Waals surface area contributed by atoms with Crippen molar-refractivity contribution in [2.75, 3.05) is 11.4 Å². The van der Waals surface area contributed by atoms with Gasteiger partial charge in [-0.1, -0.05) is 24.0 Å². The Bertz CT molecular complexity index is 767. The number of anilines is 1. The summed E-state index contributed by atoms with van der Waals surface area (Å²) in [6, 6.07) is 10.0. The normalized spacial score (nSPS) is 12.9. The molecule has 0 saturated heterocycles. The summed E-state index contributed by atoms with van der Waals surface area (Å²) < 4.78 is 0. The Morgan fingerprint density at radius 2 is 1.76 bits per heavy atom. The summed E-state index contributed by atoms with van der Waals surface area (Å²) in [5, 5.41) is 0. The Balaban J connectivity index is 2.03. The van der Waals surface area contributed by atoms with Crippen molar-refractivity contribution in [1.29, 1.82) is 0 Å². The van der Waals surface area contributed by atoms with E-state index in [4.69, 9.17) is 5.73 Å². The van der Waals surface area contributed by atoms with Crippen molar-refractivity contribution in [3.8, 4) is 11.8 Å². The molecule has 0 aliphatic carbocycles. The van der Waals surface area contributed by atoms with Crippen LogP contribution in [-0.4, -0.2) is 23.3 Å². The summed E-state index contributed by atoms with van der Waals surface area (Å²) in [4.78, 5) is 29.9. The first-order valence-corrected chi connectivity index (χ1v) is 6.35. The van der Waals surface area contributed by atoms with Gasteiger partial charge in [-0.3, -0.25) is 9.59 Å². The molecule has 2 N–H and O–H groups in total. The zero-order chi connectivity index (χ0) is 14.8. The number of fused-ring (bicyclic) bond motifs is 1. The van der Waals surface area contributed by atoms with Crippen LogP contribution in [0.3, 0.4) is 0 Å². The van der Waals surface area contributed by atoms with Crippen LogP contribution in [0.5, 0.6) is 0 Å². The van der Waals surface area contributed by atoms with E-state index in [2.05, 4.69) is 16.8 Å².